The van der Waals surface area contributed by atoms with Gasteiger partial charge in [-0.25, -0.2) is 0 Å². The highest BCUT2D eigenvalue weighted by atomic mass is 16.7. The Morgan fingerprint density at radius 2 is 1.45 bits per heavy atom. The molecule has 1 fully saturated rings. The van der Waals surface area contributed by atoms with Gasteiger partial charge in [0.15, 0.2) is 6.29 Å². The summed E-state index contributed by atoms with van der Waals surface area (Å²) in [7, 11) is 0. The van der Waals surface area contributed by atoms with Gasteiger partial charge in [0.2, 0.25) is 0 Å². The normalized spacial score (nSPS) is 23.7. The SMILES string of the molecule is CC.CC1OCC(C)(C)CO1. The molecule has 0 amide bonds. The van der Waals surface area contributed by atoms with E-state index in [0.29, 0.717) is 0 Å². The Morgan fingerprint density at radius 3 is 1.73 bits per heavy atom. The van der Waals surface area contributed by atoms with Gasteiger partial charge in [0, 0.05) is 5.41 Å². The maximum absolute atomic E-state index is 5.27. The first-order valence-electron chi connectivity index (χ1n) is 4.33. The van der Waals surface area contributed by atoms with Gasteiger partial charge in [0.25, 0.3) is 0 Å². The molecular weight excluding hydrogens is 140 g/mol. The summed E-state index contributed by atoms with van der Waals surface area (Å²) in [4.78, 5) is 0. The standard InChI is InChI=1S/C7H14O2.C2H6/c1-6-8-4-7(2,3)5-9-6;1-2/h6H,4-5H2,1-3H3;1-2H3. The van der Waals surface area contributed by atoms with Gasteiger partial charge >= 0.3 is 0 Å². The van der Waals surface area contributed by atoms with E-state index in [2.05, 4.69) is 13.8 Å². The second-order valence-electron chi connectivity index (χ2n) is 3.35. The molecule has 1 rings (SSSR count). The number of rotatable bonds is 0. The number of hydrogen-bond acceptors (Lipinski definition) is 2. The summed E-state index contributed by atoms with van der Waals surface area (Å²) >= 11 is 0. The maximum Gasteiger partial charge on any atom is 0.154 e. The Hall–Kier alpha value is -0.0800. The molecule has 1 heterocycles. The Kier molecular flexibility index (Phi) is 4.69. The molecule has 0 spiro atoms. The zero-order valence-corrected chi connectivity index (χ0v) is 8.31. The lowest BCUT2D eigenvalue weighted by molar-refractivity contribution is -0.212. The van der Waals surface area contributed by atoms with Crippen LogP contribution in [0.4, 0.5) is 0 Å². The summed E-state index contributed by atoms with van der Waals surface area (Å²) in [6.07, 6.45) is -0.00183. The van der Waals surface area contributed by atoms with E-state index in [-0.39, 0.29) is 11.7 Å². The number of hydrogen-bond donors (Lipinski definition) is 0. The van der Waals surface area contributed by atoms with Crippen molar-refractivity contribution in [3.05, 3.63) is 0 Å². The van der Waals surface area contributed by atoms with E-state index in [0.717, 1.165) is 13.2 Å². The fourth-order valence-electron chi connectivity index (χ4n) is 0.776. The third kappa shape index (κ3) is 4.38. The molecule has 1 aliphatic heterocycles. The van der Waals surface area contributed by atoms with Gasteiger partial charge in [-0.05, 0) is 6.92 Å². The molecule has 0 radical (unpaired) electrons. The predicted octanol–water partition coefficient (Wildman–Crippen LogP) is 2.43. The minimum atomic E-state index is -0.00183. The van der Waals surface area contributed by atoms with E-state index < -0.39 is 0 Å². The van der Waals surface area contributed by atoms with Crippen LogP contribution in [0.1, 0.15) is 34.6 Å². The van der Waals surface area contributed by atoms with Gasteiger partial charge < -0.3 is 9.47 Å². The third-order valence-electron chi connectivity index (χ3n) is 1.42. The molecule has 0 aromatic rings. The summed E-state index contributed by atoms with van der Waals surface area (Å²) < 4.78 is 10.5. The van der Waals surface area contributed by atoms with Crippen LogP contribution in [-0.2, 0) is 9.47 Å². The number of ether oxygens (including phenoxy) is 2. The molecule has 0 aliphatic carbocycles. The van der Waals surface area contributed by atoms with Crippen LogP contribution in [-0.4, -0.2) is 19.5 Å². The van der Waals surface area contributed by atoms with Gasteiger partial charge in [-0.1, -0.05) is 27.7 Å². The van der Waals surface area contributed by atoms with Crippen molar-refractivity contribution in [3.8, 4) is 0 Å². The summed E-state index contributed by atoms with van der Waals surface area (Å²) in [6.45, 7) is 11.8. The predicted molar refractivity (Wildman–Crippen MR) is 46.5 cm³/mol. The van der Waals surface area contributed by atoms with Crippen LogP contribution in [0.15, 0.2) is 0 Å². The minimum absolute atomic E-state index is 0.00183. The molecule has 0 saturated carbocycles. The molecule has 0 aromatic carbocycles. The lowest BCUT2D eigenvalue weighted by Crippen LogP contribution is -2.36. The van der Waals surface area contributed by atoms with E-state index >= 15 is 0 Å². The Balaban J connectivity index is 0.000000461. The van der Waals surface area contributed by atoms with Crippen LogP contribution in [0.25, 0.3) is 0 Å². The Morgan fingerprint density at radius 1 is 1.09 bits per heavy atom. The molecule has 0 N–H and O–H groups in total. The van der Waals surface area contributed by atoms with Gasteiger partial charge in [0.05, 0.1) is 13.2 Å². The lowest BCUT2D eigenvalue weighted by atomic mass is 9.96. The van der Waals surface area contributed by atoms with Crippen molar-refractivity contribution in [1.29, 1.82) is 0 Å². The van der Waals surface area contributed by atoms with E-state index in [9.17, 15) is 0 Å². The second-order valence-corrected chi connectivity index (χ2v) is 3.35. The van der Waals surface area contributed by atoms with E-state index in [1.165, 1.54) is 0 Å². The second kappa shape index (κ2) is 4.73. The first-order valence-corrected chi connectivity index (χ1v) is 4.33. The molecule has 0 bridgehead atoms. The Labute approximate surface area is 69.9 Å². The fraction of sp³-hybridized carbons (Fsp3) is 1.00. The van der Waals surface area contributed by atoms with Crippen LogP contribution >= 0.6 is 0 Å². The van der Waals surface area contributed by atoms with Crippen molar-refractivity contribution in [2.75, 3.05) is 13.2 Å². The summed E-state index contributed by atoms with van der Waals surface area (Å²) in [5.41, 5.74) is 0.215. The van der Waals surface area contributed by atoms with Crippen LogP contribution < -0.4 is 0 Å². The van der Waals surface area contributed by atoms with E-state index in [1.54, 1.807) is 0 Å². The largest absolute Gasteiger partial charge is 0.352 e. The highest BCUT2D eigenvalue weighted by Crippen LogP contribution is 2.22. The highest BCUT2D eigenvalue weighted by molar-refractivity contribution is 4.69. The van der Waals surface area contributed by atoms with Crippen molar-refractivity contribution in [3.63, 3.8) is 0 Å². The van der Waals surface area contributed by atoms with Crippen LogP contribution in [0, 0.1) is 5.41 Å². The molecule has 1 saturated heterocycles. The molecule has 2 heteroatoms. The summed E-state index contributed by atoms with van der Waals surface area (Å²) in [6, 6.07) is 0. The summed E-state index contributed by atoms with van der Waals surface area (Å²) in [5, 5.41) is 0. The topological polar surface area (TPSA) is 18.5 Å². The molecule has 1 aliphatic rings. The average molecular weight is 160 g/mol. The van der Waals surface area contributed by atoms with Crippen molar-refractivity contribution in [1.82, 2.24) is 0 Å². The molecule has 0 unspecified atom stereocenters. The molecule has 11 heavy (non-hydrogen) atoms. The van der Waals surface area contributed by atoms with Crippen molar-refractivity contribution in [2.24, 2.45) is 5.41 Å². The monoisotopic (exact) mass is 160 g/mol. The van der Waals surface area contributed by atoms with E-state index in [1.807, 2.05) is 20.8 Å². The highest BCUT2D eigenvalue weighted by Gasteiger charge is 2.25. The van der Waals surface area contributed by atoms with Gasteiger partial charge in [-0.15, -0.1) is 0 Å². The smallest absolute Gasteiger partial charge is 0.154 e. The molecule has 2 nitrogen and oxygen atoms in total. The zero-order chi connectivity index (χ0) is 8.91. The average Bonchev–Trinajstić information content (AvgIpc) is 2.00. The van der Waals surface area contributed by atoms with Gasteiger partial charge in [-0.2, -0.15) is 0 Å². The lowest BCUT2D eigenvalue weighted by Gasteiger charge is -2.32. The van der Waals surface area contributed by atoms with Gasteiger partial charge in [0.1, 0.15) is 0 Å². The van der Waals surface area contributed by atoms with Crippen molar-refractivity contribution >= 4 is 0 Å². The molecule has 68 valence electrons. The van der Waals surface area contributed by atoms with Crippen molar-refractivity contribution in [2.45, 2.75) is 40.9 Å². The minimum Gasteiger partial charge on any atom is -0.352 e. The van der Waals surface area contributed by atoms with Crippen LogP contribution in [0.2, 0.25) is 0 Å². The first-order chi connectivity index (χ1) is 5.10. The molecule has 0 atom stereocenters. The van der Waals surface area contributed by atoms with Gasteiger partial charge in [-0.3, -0.25) is 0 Å². The summed E-state index contributed by atoms with van der Waals surface area (Å²) in [5.74, 6) is 0. The first kappa shape index (κ1) is 10.9. The quantitative estimate of drug-likeness (QED) is 0.542. The fourth-order valence-corrected chi connectivity index (χ4v) is 0.776. The van der Waals surface area contributed by atoms with Crippen LogP contribution in [0.5, 0.6) is 0 Å². The zero-order valence-electron chi connectivity index (χ0n) is 8.31. The molecular formula is C9H20O2. The van der Waals surface area contributed by atoms with E-state index in [4.69, 9.17) is 9.47 Å². The Bertz CT molecular complexity index is 89.7. The molecule has 0 aromatic heterocycles. The maximum atomic E-state index is 5.27. The van der Waals surface area contributed by atoms with Crippen LogP contribution in [0.3, 0.4) is 0 Å². The third-order valence-corrected chi connectivity index (χ3v) is 1.42. The van der Waals surface area contributed by atoms with Crippen molar-refractivity contribution < 1.29 is 9.47 Å².